The van der Waals surface area contributed by atoms with Crippen molar-refractivity contribution in [2.45, 2.75) is 17.7 Å². The molecule has 0 aliphatic carbocycles. The molecular formula is C10H11ClO2S. The third-order valence-electron chi connectivity index (χ3n) is 1.62. The summed E-state index contributed by atoms with van der Waals surface area (Å²) in [5.41, 5.74) is 0. The number of carbonyl (C=O) groups excluding carboxylic acids is 1. The van der Waals surface area contributed by atoms with Crippen molar-refractivity contribution in [2.75, 3.05) is 5.75 Å². The molecule has 0 amide bonds. The first-order chi connectivity index (χ1) is 6.83. The number of hydrogen-bond acceptors (Lipinski definition) is 3. The molecule has 1 rings (SSSR count). The maximum atomic E-state index is 10.7. The van der Waals surface area contributed by atoms with Crippen LogP contribution in [-0.4, -0.2) is 11.7 Å². The van der Waals surface area contributed by atoms with Crippen LogP contribution in [0.2, 0.25) is 0 Å². The van der Waals surface area contributed by atoms with E-state index in [-0.39, 0.29) is 5.97 Å². The van der Waals surface area contributed by atoms with Gasteiger partial charge >= 0.3 is 5.97 Å². The van der Waals surface area contributed by atoms with Crippen LogP contribution in [0.15, 0.2) is 35.2 Å². The van der Waals surface area contributed by atoms with Crippen molar-refractivity contribution in [3.05, 3.63) is 30.3 Å². The van der Waals surface area contributed by atoms with E-state index in [1.165, 1.54) is 4.90 Å². The average Bonchev–Trinajstić information content (AvgIpc) is 2.25. The van der Waals surface area contributed by atoms with Gasteiger partial charge in [0.1, 0.15) is 11.9 Å². The summed E-state index contributed by atoms with van der Waals surface area (Å²) >= 11 is 6.61. The molecule has 0 spiro atoms. The van der Waals surface area contributed by atoms with Gasteiger partial charge in [0.15, 0.2) is 0 Å². The van der Waals surface area contributed by atoms with Gasteiger partial charge in [-0.3, -0.25) is 4.79 Å². The average molecular weight is 231 g/mol. The SMILES string of the molecule is O=C(CCCSc1ccccc1)OCl. The van der Waals surface area contributed by atoms with Crippen molar-refractivity contribution in [3.63, 3.8) is 0 Å². The number of rotatable bonds is 5. The highest BCUT2D eigenvalue weighted by molar-refractivity contribution is 7.99. The topological polar surface area (TPSA) is 26.3 Å². The van der Waals surface area contributed by atoms with E-state index in [4.69, 9.17) is 11.9 Å². The molecule has 4 heteroatoms. The standard InChI is InChI=1S/C10H11ClO2S/c11-13-10(12)7-4-8-14-9-5-2-1-3-6-9/h1-3,5-6H,4,7-8H2. The predicted octanol–water partition coefficient (Wildman–Crippen LogP) is 3.26. The lowest BCUT2D eigenvalue weighted by molar-refractivity contribution is -0.133. The molecule has 0 aliphatic rings. The van der Waals surface area contributed by atoms with E-state index in [2.05, 4.69) is 4.29 Å². The highest BCUT2D eigenvalue weighted by atomic mass is 35.5. The number of halogens is 1. The summed E-state index contributed by atoms with van der Waals surface area (Å²) in [5, 5.41) is 0. The minimum absolute atomic E-state index is 0.361. The lowest BCUT2D eigenvalue weighted by Gasteiger charge is -1.99. The molecule has 76 valence electrons. The van der Waals surface area contributed by atoms with Crippen LogP contribution >= 0.6 is 23.6 Å². The summed E-state index contributed by atoms with van der Waals surface area (Å²) < 4.78 is 4.03. The third-order valence-corrected chi connectivity index (χ3v) is 2.89. The van der Waals surface area contributed by atoms with Crippen molar-refractivity contribution < 1.29 is 9.08 Å². The maximum Gasteiger partial charge on any atom is 0.324 e. The Morgan fingerprint density at radius 3 is 2.71 bits per heavy atom. The molecule has 2 nitrogen and oxygen atoms in total. The first-order valence-corrected chi connectivity index (χ1v) is 5.61. The second-order valence-corrected chi connectivity index (χ2v) is 4.04. The zero-order valence-corrected chi connectivity index (χ0v) is 9.18. The number of hydrogen-bond donors (Lipinski definition) is 0. The molecule has 0 unspecified atom stereocenters. The Kier molecular flexibility index (Phi) is 5.49. The molecule has 0 heterocycles. The van der Waals surface area contributed by atoms with Crippen LogP contribution in [-0.2, 0) is 9.08 Å². The number of benzene rings is 1. The van der Waals surface area contributed by atoms with Crippen LogP contribution in [0.25, 0.3) is 0 Å². The van der Waals surface area contributed by atoms with Crippen LogP contribution < -0.4 is 0 Å². The monoisotopic (exact) mass is 230 g/mol. The van der Waals surface area contributed by atoms with Crippen molar-refractivity contribution >= 4 is 29.6 Å². The largest absolute Gasteiger partial charge is 0.348 e. The lowest BCUT2D eigenvalue weighted by Crippen LogP contribution is -1.96. The second-order valence-electron chi connectivity index (χ2n) is 2.71. The van der Waals surface area contributed by atoms with Gasteiger partial charge in [-0.2, -0.15) is 0 Å². The van der Waals surface area contributed by atoms with Gasteiger partial charge in [0.25, 0.3) is 0 Å². The Hall–Kier alpha value is -0.670. The van der Waals surface area contributed by atoms with E-state index in [1.54, 1.807) is 11.8 Å². The highest BCUT2D eigenvalue weighted by Gasteiger charge is 2.00. The van der Waals surface area contributed by atoms with Crippen LogP contribution in [0.4, 0.5) is 0 Å². The Bertz CT molecular complexity index is 277. The Balaban J connectivity index is 2.13. The van der Waals surface area contributed by atoms with E-state index in [9.17, 15) is 4.79 Å². The van der Waals surface area contributed by atoms with Gasteiger partial charge in [-0.15, -0.1) is 11.8 Å². The highest BCUT2D eigenvalue weighted by Crippen LogP contribution is 2.18. The zero-order valence-electron chi connectivity index (χ0n) is 7.61. The van der Waals surface area contributed by atoms with Crippen LogP contribution in [0.3, 0.4) is 0 Å². The summed E-state index contributed by atoms with van der Waals surface area (Å²) in [6.07, 6.45) is 1.16. The molecule has 14 heavy (non-hydrogen) atoms. The van der Waals surface area contributed by atoms with Crippen LogP contribution in [0.1, 0.15) is 12.8 Å². The summed E-state index contributed by atoms with van der Waals surface area (Å²) in [7, 11) is 0. The molecule has 0 radical (unpaired) electrons. The van der Waals surface area contributed by atoms with Gasteiger partial charge in [0.05, 0.1) is 0 Å². The zero-order chi connectivity index (χ0) is 10.2. The smallest absolute Gasteiger partial charge is 0.324 e. The molecule has 0 bridgehead atoms. The number of thioether (sulfide) groups is 1. The Morgan fingerprint density at radius 1 is 1.36 bits per heavy atom. The predicted molar refractivity (Wildman–Crippen MR) is 58.3 cm³/mol. The molecule has 1 aromatic carbocycles. The van der Waals surface area contributed by atoms with Crippen molar-refractivity contribution in [1.82, 2.24) is 0 Å². The fraction of sp³-hybridized carbons (Fsp3) is 0.300. The van der Waals surface area contributed by atoms with Crippen molar-refractivity contribution in [1.29, 1.82) is 0 Å². The summed E-state index contributed by atoms with van der Waals surface area (Å²) in [6.45, 7) is 0. The Morgan fingerprint density at radius 2 is 2.07 bits per heavy atom. The lowest BCUT2D eigenvalue weighted by atomic mass is 10.3. The molecule has 0 fully saturated rings. The van der Waals surface area contributed by atoms with Gasteiger partial charge < -0.3 is 4.29 Å². The van der Waals surface area contributed by atoms with E-state index in [0.717, 1.165) is 12.2 Å². The van der Waals surface area contributed by atoms with Crippen LogP contribution in [0, 0.1) is 0 Å². The molecule has 0 aliphatic heterocycles. The third kappa shape index (κ3) is 4.53. The Labute approximate surface area is 92.8 Å². The molecule has 0 N–H and O–H groups in total. The number of carbonyl (C=O) groups is 1. The minimum Gasteiger partial charge on any atom is -0.348 e. The van der Waals surface area contributed by atoms with E-state index in [1.807, 2.05) is 30.3 Å². The maximum absolute atomic E-state index is 10.7. The molecule has 0 saturated heterocycles. The van der Waals surface area contributed by atoms with Crippen LogP contribution in [0.5, 0.6) is 0 Å². The van der Waals surface area contributed by atoms with Gasteiger partial charge in [-0.05, 0) is 24.3 Å². The minimum atomic E-state index is -0.361. The summed E-state index contributed by atoms with van der Waals surface area (Å²) in [5.74, 6) is 0.538. The molecular weight excluding hydrogens is 220 g/mol. The van der Waals surface area contributed by atoms with E-state index < -0.39 is 0 Å². The summed E-state index contributed by atoms with van der Waals surface area (Å²) in [4.78, 5) is 11.9. The van der Waals surface area contributed by atoms with Gasteiger partial charge in [0, 0.05) is 11.3 Å². The molecule has 0 saturated carbocycles. The molecule has 0 atom stereocenters. The normalized spacial score (nSPS) is 9.79. The fourth-order valence-electron chi connectivity index (χ4n) is 0.962. The quantitative estimate of drug-likeness (QED) is 0.574. The van der Waals surface area contributed by atoms with Crippen molar-refractivity contribution in [2.24, 2.45) is 0 Å². The van der Waals surface area contributed by atoms with Gasteiger partial charge in [0.2, 0.25) is 0 Å². The fourth-order valence-corrected chi connectivity index (χ4v) is 1.91. The molecule has 0 aromatic heterocycles. The van der Waals surface area contributed by atoms with Crippen molar-refractivity contribution in [3.8, 4) is 0 Å². The second kappa shape index (κ2) is 6.74. The first kappa shape index (κ1) is 11.4. The van der Waals surface area contributed by atoms with E-state index >= 15 is 0 Å². The first-order valence-electron chi connectivity index (χ1n) is 4.32. The van der Waals surface area contributed by atoms with E-state index in [0.29, 0.717) is 6.42 Å². The van der Waals surface area contributed by atoms with Gasteiger partial charge in [-0.25, -0.2) is 0 Å². The summed E-state index contributed by atoms with van der Waals surface area (Å²) in [6, 6.07) is 10.1. The molecule has 1 aromatic rings. The van der Waals surface area contributed by atoms with Gasteiger partial charge in [-0.1, -0.05) is 18.2 Å².